The number of aromatic nitrogens is 3. The molecule has 0 spiro atoms. The van der Waals surface area contributed by atoms with Crippen molar-refractivity contribution in [2.75, 3.05) is 26.0 Å². The van der Waals surface area contributed by atoms with E-state index in [1.54, 1.807) is 7.11 Å². The highest BCUT2D eigenvalue weighted by atomic mass is 16.5. The predicted octanol–water partition coefficient (Wildman–Crippen LogP) is 4.96. The summed E-state index contributed by atoms with van der Waals surface area (Å²) >= 11 is 0. The lowest BCUT2D eigenvalue weighted by Gasteiger charge is -2.16. The number of carbonyl (C=O) groups excluding carboxylic acids is 1. The molecule has 1 aromatic carbocycles. The number of imidazole rings is 1. The fourth-order valence-corrected chi connectivity index (χ4v) is 5.27. The highest BCUT2D eigenvalue weighted by Crippen LogP contribution is 2.30. The fourth-order valence-electron chi connectivity index (χ4n) is 5.27. The van der Waals surface area contributed by atoms with Gasteiger partial charge in [-0.2, -0.15) is 0 Å². The number of anilines is 1. The Morgan fingerprint density at radius 3 is 2.74 bits per heavy atom. The normalized spacial score (nSPS) is 16.6. The number of amides is 1. The molecule has 0 unspecified atom stereocenters. The Kier molecular flexibility index (Phi) is 6.41. The second kappa shape index (κ2) is 9.64. The minimum atomic E-state index is -0.180. The van der Waals surface area contributed by atoms with Gasteiger partial charge < -0.3 is 9.30 Å². The number of ether oxygens (including phenoxy) is 1. The van der Waals surface area contributed by atoms with Crippen LogP contribution in [0.15, 0.2) is 36.1 Å². The lowest BCUT2D eigenvalue weighted by Crippen LogP contribution is -2.20. The molecule has 7 nitrogen and oxygen atoms in total. The zero-order valence-corrected chi connectivity index (χ0v) is 21.1. The summed E-state index contributed by atoms with van der Waals surface area (Å²) in [6.07, 6.45) is 7.86. The van der Waals surface area contributed by atoms with Crippen LogP contribution in [0.2, 0.25) is 0 Å². The molecule has 35 heavy (non-hydrogen) atoms. The van der Waals surface area contributed by atoms with E-state index in [0.29, 0.717) is 17.4 Å². The van der Waals surface area contributed by atoms with Gasteiger partial charge >= 0.3 is 0 Å². The standard InChI is InChI=1S/C28H33N5O2/c1-18-9-10-23-25(13-18)33(16-20-7-5-6-8-20)28(30-23)31-27(34)21-14-19(2)29-24(15-21)22-17-32(3)12-11-26(22)35-4/h9-10,13-15,17,20H,5-8,11-12,16H2,1-4H3/p+1. The summed E-state index contributed by atoms with van der Waals surface area (Å²) in [4.78, 5) is 23.0. The van der Waals surface area contributed by atoms with Crippen molar-refractivity contribution in [2.45, 2.75) is 52.5 Å². The van der Waals surface area contributed by atoms with Gasteiger partial charge in [-0.3, -0.25) is 15.1 Å². The number of hydrogen-bond acceptors (Lipinski definition) is 4. The van der Waals surface area contributed by atoms with E-state index in [-0.39, 0.29) is 5.91 Å². The second-order valence-electron chi connectivity index (χ2n) is 9.93. The number of nitrogens with zero attached hydrogens (tertiary/aromatic N) is 4. The number of rotatable bonds is 6. The number of aryl methyl sites for hydroxylation is 2. The maximum Gasteiger partial charge on any atom is 0.258 e. The number of pyridine rings is 1. The molecule has 2 aliphatic rings. The van der Waals surface area contributed by atoms with Gasteiger partial charge in [-0.25, -0.2) is 9.56 Å². The summed E-state index contributed by atoms with van der Waals surface area (Å²) in [6.45, 7) is 5.77. The van der Waals surface area contributed by atoms with Crippen molar-refractivity contribution in [3.63, 3.8) is 0 Å². The van der Waals surface area contributed by atoms with E-state index in [0.717, 1.165) is 53.3 Å². The third-order valence-corrected chi connectivity index (χ3v) is 7.12. The van der Waals surface area contributed by atoms with Gasteiger partial charge in [0.2, 0.25) is 5.95 Å². The summed E-state index contributed by atoms with van der Waals surface area (Å²) in [5, 5.41) is 3.12. The van der Waals surface area contributed by atoms with Crippen molar-refractivity contribution in [3.8, 4) is 0 Å². The topological polar surface area (TPSA) is 72.0 Å². The monoisotopic (exact) mass is 472 g/mol. The second-order valence-corrected chi connectivity index (χ2v) is 9.93. The van der Waals surface area contributed by atoms with Gasteiger partial charge in [0.1, 0.15) is 24.9 Å². The number of nitrogens with one attached hydrogen (secondary N) is 1. The van der Waals surface area contributed by atoms with E-state index in [2.05, 4.69) is 33.5 Å². The third kappa shape index (κ3) is 4.85. The fraction of sp³-hybridized carbons (Fsp3) is 0.429. The highest BCUT2D eigenvalue weighted by Gasteiger charge is 2.23. The molecular formula is C28H34N5O2+. The van der Waals surface area contributed by atoms with Crippen LogP contribution in [0.25, 0.3) is 16.6 Å². The zero-order chi connectivity index (χ0) is 24.5. The van der Waals surface area contributed by atoms with E-state index >= 15 is 0 Å². The Balaban J connectivity index is 1.49. The van der Waals surface area contributed by atoms with Crippen molar-refractivity contribution in [2.24, 2.45) is 5.92 Å². The molecule has 3 heterocycles. The SMILES string of the molecule is COC1=C(c2cc(C(=O)Nc3nc4ccc(C)cc4n3CC3CCCC3)cc(C)n2)C=[N+](C)CC1. The molecule has 2 aromatic heterocycles. The molecule has 0 radical (unpaired) electrons. The first-order valence-corrected chi connectivity index (χ1v) is 12.5. The molecule has 1 amide bonds. The third-order valence-electron chi connectivity index (χ3n) is 7.12. The Morgan fingerprint density at radius 2 is 1.97 bits per heavy atom. The van der Waals surface area contributed by atoms with Crippen LogP contribution in [0, 0.1) is 19.8 Å². The van der Waals surface area contributed by atoms with E-state index in [1.807, 2.05) is 38.4 Å². The van der Waals surface area contributed by atoms with Crippen molar-refractivity contribution >= 4 is 34.7 Å². The van der Waals surface area contributed by atoms with Crippen LogP contribution in [0.3, 0.4) is 0 Å². The van der Waals surface area contributed by atoms with Gasteiger partial charge in [-0.15, -0.1) is 0 Å². The van der Waals surface area contributed by atoms with Crippen LogP contribution in [0.1, 0.15) is 59.4 Å². The first-order chi connectivity index (χ1) is 16.9. The summed E-state index contributed by atoms with van der Waals surface area (Å²) in [5.41, 5.74) is 6.18. The minimum Gasteiger partial charge on any atom is -0.500 e. The molecule has 5 rings (SSSR count). The van der Waals surface area contributed by atoms with Crippen LogP contribution in [-0.4, -0.2) is 51.9 Å². The molecule has 182 valence electrons. The van der Waals surface area contributed by atoms with Gasteiger partial charge in [-0.05, 0) is 62.4 Å². The summed E-state index contributed by atoms with van der Waals surface area (Å²) in [5.74, 6) is 1.94. The molecule has 1 saturated carbocycles. The molecule has 0 saturated heterocycles. The smallest absolute Gasteiger partial charge is 0.258 e. The number of carbonyl (C=O) groups is 1. The van der Waals surface area contributed by atoms with Crippen molar-refractivity contribution in [1.82, 2.24) is 14.5 Å². The molecule has 1 N–H and O–H groups in total. The highest BCUT2D eigenvalue weighted by molar-refractivity contribution is 6.10. The number of hydrogen-bond donors (Lipinski definition) is 1. The Bertz CT molecular complexity index is 1340. The largest absolute Gasteiger partial charge is 0.500 e. The van der Waals surface area contributed by atoms with E-state index < -0.39 is 0 Å². The zero-order valence-electron chi connectivity index (χ0n) is 21.1. The number of allylic oxidation sites excluding steroid dienone is 1. The first-order valence-electron chi connectivity index (χ1n) is 12.5. The van der Waals surface area contributed by atoms with E-state index in [4.69, 9.17) is 14.7 Å². The summed E-state index contributed by atoms with van der Waals surface area (Å²) in [6, 6.07) is 9.94. The maximum absolute atomic E-state index is 13.5. The molecule has 3 aromatic rings. The Labute approximate surface area is 206 Å². The van der Waals surface area contributed by atoms with Crippen LogP contribution in [-0.2, 0) is 11.3 Å². The molecular weight excluding hydrogens is 438 g/mol. The van der Waals surface area contributed by atoms with Crippen LogP contribution >= 0.6 is 0 Å². The van der Waals surface area contributed by atoms with Gasteiger partial charge in [0.25, 0.3) is 5.91 Å². The van der Waals surface area contributed by atoms with Crippen molar-refractivity contribution < 1.29 is 14.1 Å². The lowest BCUT2D eigenvalue weighted by molar-refractivity contribution is -0.492. The molecule has 1 aliphatic carbocycles. The quantitative estimate of drug-likeness (QED) is 0.515. The summed E-state index contributed by atoms with van der Waals surface area (Å²) < 4.78 is 9.95. The maximum atomic E-state index is 13.5. The average Bonchev–Trinajstić information content (AvgIpc) is 3.47. The Hall–Kier alpha value is -3.48. The van der Waals surface area contributed by atoms with E-state index in [9.17, 15) is 4.79 Å². The average molecular weight is 473 g/mol. The number of fused-ring (bicyclic) bond motifs is 1. The van der Waals surface area contributed by atoms with Crippen molar-refractivity contribution in [1.29, 1.82) is 0 Å². The summed E-state index contributed by atoms with van der Waals surface area (Å²) in [7, 11) is 3.72. The van der Waals surface area contributed by atoms with Crippen LogP contribution in [0.5, 0.6) is 0 Å². The van der Waals surface area contributed by atoms with Gasteiger partial charge in [0.05, 0.1) is 30.3 Å². The van der Waals surface area contributed by atoms with Crippen LogP contribution < -0.4 is 5.32 Å². The molecule has 7 heteroatoms. The Morgan fingerprint density at radius 1 is 1.17 bits per heavy atom. The van der Waals surface area contributed by atoms with Gasteiger partial charge in [0.15, 0.2) is 6.21 Å². The predicted molar refractivity (Wildman–Crippen MR) is 139 cm³/mol. The minimum absolute atomic E-state index is 0.180. The van der Waals surface area contributed by atoms with Gasteiger partial charge in [0, 0.05) is 17.8 Å². The molecule has 0 atom stereocenters. The molecule has 1 aliphatic heterocycles. The van der Waals surface area contributed by atoms with Gasteiger partial charge in [-0.1, -0.05) is 18.9 Å². The molecule has 0 bridgehead atoms. The first kappa shape index (κ1) is 23.3. The van der Waals surface area contributed by atoms with E-state index in [1.165, 1.54) is 31.2 Å². The van der Waals surface area contributed by atoms with Crippen molar-refractivity contribution in [3.05, 3.63) is 58.6 Å². The molecule has 1 fully saturated rings. The lowest BCUT2D eigenvalue weighted by atomic mass is 10.0. The number of benzene rings is 1. The number of methoxy groups -OCH3 is 1. The van der Waals surface area contributed by atoms with Crippen LogP contribution in [0.4, 0.5) is 5.95 Å².